The van der Waals surface area contributed by atoms with Gasteiger partial charge in [0.1, 0.15) is 0 Å². The molecule has 8 heteroatoms. The van der Waals surface area contributed by atoms with E-state index in [1.54, 1.807) is 24.0 Å². The molecule has 7 nitrogen and oxygen atoms in total. The van der Waals surface area contributed by atoms with Crippen molar-refractivity contribution in [3.8, 4) is 0 Å². The predicted octanol–water partition coefficient (Wildman–Crippen LogP) is 4.21. The molecule has 1 aromatic carbocycles. The van der Waals surface area contributed by atoms with Crippen LogP contribution in [0.2, 0.25) is 0 Å². The standard InChI is InChI=1S/C28H43N3O4S/c1-7-30(8-2)25(33)21-10-9-15-31(18-21)36(34,35)23-16-20(12-11-19(23)3)24(32)29-26-27(4,5)22-13-14-28(26,6)17-22/h11-12,16,21-22,26H,7-10,13-15,17-18H2,1-6H3,(H,29,32)/t21?,22-,26?,28?/m1/s1. The average Bonchev–Trinajstić information content (AvgIpc) is 3.33. The Morgan fingerprint density at radius 2 is 1.83 bits per heavy atom. The summed E-state index contributed by atoms with van der Waals surface area (Å²) in [7, 11) is -3.84. The minimum absolute atomic E-state index is 0.0163. The van der Waals surface area contributed by atoms with Crippen molar-refractivity contribution in [1.29, 1.82) is 0 Å². The number of nitrogens with one attached hydrogen (secondary N) is 1. The molecule has 4 atom stereocenters. The third-order valence-corrected chi connectivity index (χ3v) is 11.4. The second-order valence-corrected chi connectivity index (χ2v) is 13.9. The van der Waals surface area contributed by atoms with E-state index in [2.05, 4.69) is 26.1 Å². The van der Waals surface area contributed by atoms with E-state index in [0.29, 0.717) is 49.5 Å². The lowest BCUT2D eigenvalue weighted by atomic mass is 9.68. The lowest BCUT2D eigenvalue weighted by molar-refractivity contribution is -0.136. The Morgan fingerprint density at radius 3 is 2.44 bits per heavy atom. The molecule has 0 radical (unpaired) electrons. The van der Waals surface area contributed by atoms with E-state index in [-0.39, 0.29) is 46.0 Å². The quantitative estimate of drug-likeness (QED) is 0.587. The molecule has 1 saturated heterocycles. The van der Waals surface area contributed by atoms with Crippen molar-refractivity contribution < 1.29 is 18.0 Å². The molecule has 36 heavy (non-hydrogen) atoms. The van der Waals surface area contributed by atoms with Crippen molar-refractivity contribution in [3.05, 3.63) is 29.3 Å². The van der Waals surface area contributed by atoms with Gasteiger partial charge in [-0.25, -0.2) is 8.42 Å². The fraction of sp³-hybridized carbons (Fsp3) is 0.714. The molecule has 200 valence electrons. The van der Waals surface area contributed by atoms with Gasteiger partial charge >= 0.3 is 0 Å². The number of sulfonamides is 1. The zero-order valence-corrected chi connectivity index (χ0v) is 23.6. The van der Waals surface area contributed by atoms with Crippen molar-refractivity contribution in [2.75, 3.05) is 26.2 Å². The third kappa shape index (κ3) is 4.60. The molecule has 1 aliphatic heterocycles. The Bertz CT molecular complexity index is 1120. The highest BCUT2D eigenvalue weighted by molar-refractivity contribution is 7.89. The maximum absolute atomic E-state index is 13.7. The van der Waals surface area contributed by atoms with Crippen LogP contribution in [0.5, 0.6) is 0 Å². The Balaban J connectivity index is 1.55. The average molecular weight is 518 g/mol. The SMILES string of the molecule is CCN(CC)C(=O)C1CCCN(S(=O)(=O)c2cc(C(=O)NC3C4(C)CC[C@H](C4)C3(C)C)ccc2C)C1. The predicted molar refractivity (Wildman–Crippen MR) is 141 cm³/mol. The summed E-state index contributed by atoms with van der Waals surface area (Å²) in [5, 5.41) is 3.28. The molecule has 0 aromatic heterocycles. The molecule has 2 saturated carbocycles. The summed E-state index contributed by atoms with van der Waals surface area (Å²) in [5.74, 6) is 0.0760. The second kappa shape index (κ2) is 9.75. The fourth-order valence-electron chi connectivity index (χ4n) is 7.19. The van der Waals surface area contributed by atoms with Crippen LogP contribution < -0.4 is 5.32 Å². The number of fused-ring (bicyclic) bond motifs is 2. The van der Waals surface area contributed by atoms with Gasteiger partial charge in [0.25, 0.3) is 5.91 Å². The summed E-state index contributed by atoms with van der Waals surface area (Å²) < 4.78 is 28.9. The highest BCUT2D eigenvalue weighted by atomic mass is 32.2. The van der Waals surface area contributed by atoms with Gasteiger partial charge in [-0.3, -0.25) is 9.59 Å². The van der Waals surface area contributed by atoms with Gasteiger partial charge < -0.3 is 10.2 Å². The molecule has 1 heterocycles. The van der Waals surface area contributed by atoms with Crippen molar-refractivity contribution >= 4 is 21.8 Å². The third-order valence-electron chi connectivity index (χ3n) is 9.42. The van der Waals surface area contributed by atoms with Gasteiger partial charge in [-0.1, -0.05) is 26.8 Å². The van der Waals surface area contributed by atoms with Crippen LogP contribution in [0.3, 0.4) is 0 Å². The molecule has 4 rings (SSSR count). The van der Waals surface area contributed by atoms with E-state index in [0.717, 1.165) is 12.8 Å². The topological polar surface area (TPSA) is 86.8 Å². The summed E-state index contributed by atoms with van der Waals surface area (Å²) in [6.45, 7) is 14.2. The van der Waals surface area contributed by atoms with E-state index < -0.39 is 10.0 Å². The van der Waals surface area contributed by atoms with E-state index in [1.807, 2.05) is 13.8 Å². The summed E-state index contributed by atoms with van der Waals surface area (Å²) in [6.07, 6.45) is 4.78. The van der Waals surface area contributed by atoms with Crippen LogP contribution in [0.25, 0.3) is 0 Å². The first-order valence-electron chi connectivity index (χ1n) is 13.6. The van der Waals surface area contributed by atoms with Gasteiger partial charge in [0.15, 0.2) is 0 Å². The van der Waals surface area contributed by atoms with Crippen LogP contribution in [0.15, 0.2) is 23.1 Å². The lowest BCUT2D eigenvalue weighted by Crippen LogP contribution is -2.52. The number of benzene rings is 1. The number of hydrogen-bond acceptors (Lipinski definition) is 4. The minimum atomic E-state index is -3.84. The molecular weight excluding hydrogens is 474 g/mol. The van der Waals surface area contributed by atoms with E-state index >= 15 is 0 Å². The second-order valence-electron chi connectivity index (χ2n) is 12.0. The first-order chi connectivity index (χ1) is 16.8. The van der Waals surface area contributed by atoms with Crippen LogP contribution >= 0.6 is 0 Å². The van der Waals surface area contributed by atoms with Crippen LogP contribution in [0, 0.1) is 29.6 Å². The molecule has 3 fully saturated rings. The Hall–Kier alpha value is -1.93. The summed E-state index contributed by atoms with van der Waals surface area (Å²) >= 11 is 0. The fourth-order valence-corrected chi connectivity index (χ4v) is 8.97. The van der Waals surface area contributed by atoms with Crippen molar-refractivity contribution in [2.24, 2.45) is 22.7 Å². The number of carbonyl (C=O) groups is 2. The Morgan fingerprint density at radius 1 is 1.14 bits per heavy atom. The first-order valence-corrected chi connectivity index (χ1v) is 15.0. The maximum Gasteiger partial charge on any atom is 0.251 e. The van der Waals surface area contributed by atoms with E-state index in [1.165, 1.54) is 16.8 Å². The number of piperidine rings is 1. The normalized spacial score (nSPS) is 29.8. The molecule has 0 spiro atoms. The number of amides is 2. The summed E-state index contributed by atoms with van der Waals surface area (Å²) in [4.78, 5) is 28.2. The van der Waals surface area contributed by atoms with Gasteiger partial charge in [-0.15, -0.1) is 0 Å². The molecule has 3 aliphatic rings. The van der Waals surface area contributed by atoms with Crippen LogP contribution in [0.1, 0.15) is 82.6 Å². The van der Waals surface area contributed by atoms with Gasteiger partial charge in [0.05, 0.1) is 10.8 Å². The van der Waals surface area contributed by atoms with Crippen molar-refractivity contribution in [1.82, 2.24) is 14.5 Å². The van der Waals surface area contributed by atoms with Crippen LogP contribution in [-0.4, -0.2) is 61.7 Å². The molecule has 2 amide bonds. The first kappa shape index (κ1) is 27.1. The van der Waals surface area contributed by atoms with Crippen molar-refractivity contribution in [3.63, 3.8) is 0 Å². The highest BCUT2D eigenvalue weighted by Crippen LogP contribution is 2.62. The van der Waals surface area contributed by atoms with E-state index in [9.17, 15) is 18.0 Å². The number of aryl methyl sites for hydroxylation is 1. The molecule has 3 unspecified atom stereocenters. The molecule has 1 N–H and O–H groups in total. The van der Waals surface area contributed by atoms with Gasteiger partial charge in [0, 0.05) is 37.8 Å². The largest absolute Gasteiger partial charge is 0.348 e. The minimum Gasteiger partial charge on any atom is -0.348 e. The number of carbonyl (C=O) groups excluding carboxylic acids is 2. The number of hydrogen-bond donors (Lipinski definition) is 1. The monoisotopic (exact) mass is 517 g/mol. The molecular formula is C28H43N3O4S. The number of rotatable bonds is 7. The van der Waals surface area contributed by atoms with E-state index in [4.69, 9.17) is 0 Å². The Kier molecular flexibility index (Phi) is 7.34. The molecule has 2 aliphatic carbocycles. The van der Waals surface area contributed by atoms with Gasteiger partial charge in [0.2, 0.25) is 15.9 Å². The number of nitrogens with zero attached hydrogens (tertiary/aromatic N) is 2. The Labute approximate surface area is 217 Å². The molecule has 1 aromatic rings. The zero-order chi connectivity index (χ0) is 26.5. The van der Waals surface area contributed by atoms with Gasteiger partial charge in [-0.2, -0.15) is 4.31 Å². The zero-order valence-electron chi connectivity index (χ0n) is 22.8. The maximum atomic E-state index is 13.7. The van der Waals surface area contributed by atoms with Gasteiger partial charge in [-0.05, 0) is 87.3 Å². The lowest BCUT2D eigenvalue weighted by Gasteiger charge is -2.43. The summed E-state index contributed by atoms with van der Waals surface area (Å²) in [5.41, 5.74) is 1.08. The van der Waals surface area contributed by atoms with Crippen LogP contribution in [-0.2, 0) is 14.8 Å². The van der Waals surface area contributed by atoms with Crippen molar-refractivity contribution in [2.45, 2.75) is 84.6 Å². The highest BCUT2D eigenvalue weighted by Gasteiger charge is 2.59. The smallest absolute Gasteiger partial charge is 0.251 e. The molecule has 2 bridgehead atoms. The van der Waals surface area contributed by atoms with Crippen LogP contribution in [0.4, 0.5) is 0 Å². The summed E-state index contributed by atoms with van der Waals surface area (Å²) in [6, 6.07) is 5.03.